The molecule has 0 spiro atoms. The summed E-state index contributed by atoms with van der Waals surface area (Å²) in [6.07, 6.45) is 0. The fourth-order valence-electron chi connectivity index (χ4n) is 1.29. The second kappa shape index (κ2) is 2.68. The highest BCUT2D eigenvalue weighted by atomic mass is 16.7. The summed E-state index contributed by atoms with van der Waals surface area (Å²) < 4.78 is 10.4. The van der Waals surface area contributed by atoms with E-state index >= 15 is 0 Å². The quantitative estimate of drug-likeness (QED) is 0.591. The van der Waals surface area contributed by atoms with Gasteiger partial charge >= 0.3 is 0 Å². The standard InChI is InChI=1S/C9H11NO2/c1-6-2-3-8-7(9(6)10)4-11-5-12-8/h2-3H,4-5,10H2,1H3. The number of aryl methyl sites for hydroxylation is 1. The second-order valence-electron chi connectivity index (χ2n) is 2.88. The predicted octanol–water partition coefficient (Wildman–Crippen LogP) is 1.44. The molecule has 1 aromatic rings. The largest absolute Gasteiger partial charge is 0.467 e. The molecule has 0 bridgehead atoms. The van der Waals surface area contributed by atoms with E-state index in [1.165, 1.54) is 0 Å². The molecule has 0 atom stereocenters. The SMILES string of the molecule is Cc1ccc2c(c1N)COCO2. The smallest absolute Gasteiger partial charge is 0.189 e. The minimum atomic E-state index is 0.329. The van der Waals surface area contributed by atoms with Gasteiger partial charge in [0.05, 0.1) is 6.61 Å². The molecule has 3 heteroatoms. The number of anilines is 1. The Hall–Kier alpha value is -1.22. The summed E-state index contributed by atoms with van der Waals surface area (Å²) in [5.74, 6) is 0.851. The van der Waals surface area contributed by atoms with Crippen molar-refractivity contribution in [2.45, 2.75) is 13.5 Å². The zero-order valence-electron chi connectivity index (χ0n) is 6.96. The third-order valence-electron chi connectivity index (χ3n) is 2.08. The van der Waals surface area contributed by atoms with Gasteiger partial charge in [0.1, 0.15) is 5.75 Å². The lowest BCUT2D eigenvalue weighted by Crippen LogP contribution is -2.13. The van der Waals surface area contributed by atoms with Gasteiger partial charge in [-0.15, -0.1) is 0 Å². The molecule has 64 valence electrons. The normalized spacial score (nSPS) is 15.1. The Labute approximate surface area is 71.1 Å². The number of nitrogen functional groups attached to an aromatic ring is 1. The van der Waals surface area contributed by atoms with E-state index in [2.05, 4.69) is 0 Å². The first kappa shape index (κ1) is 7.43. The van der Waals surface area contributed by atoms with E-state index in [0.29, 0.717) is 13.4 Å². The molecule has 2 N–H and O–H groups in total. The molecule has 0 radical (unpaired) electrons. The summed E-state index contributed by atoms with van der Waals surface area (Å²) >= 11 is 0. The molecule has 0 aliphatic carbocycles. The third kappa shape index (κ3) is 1.02. The number of fused-ring (bicyclic) bond motifs is 1. The first-order chi connectivity index (χ1) is 5.79. The minimum absolute atomic E-state index is 0.329. The van der Waals surface area contributed by atoms with E-state index in [-0.39, 0.29) is 0 Å². The first-order valence-corrected chi connectivity index (χ1v) is 3.87. The average Bonchev–Trinajstić information content (AvgIpc) is 2.12. The summed E-state index contributed by atoms with van der Waals surface area (Å²) in [7, 11) is 0. The van der Waals surface area contributed by atoms with Crippen molar-refractivity contribution >= 4 is 5.69 Å². The van der Waals surface area contributed by atoms with E-state index < -0.39 is 0 Å². The number of hydrogen-bond acceptors (Lipinski definition) is 3. The molecule has 0 saturated carbocycles. The van der Waals surface area contributed by atoms with Crippen LogP contribution in [0.15, 0.2) is 12.1 Å². The van der Waals surface area contributed by atoms with Crippen LogP contribution in [0, 0.1) is 6.92 Å². The maximum atomic E-state index is 5.84. The van der Waals surface area contributed by atoms with Gasteiger partial charge < -0.3 is 15.2 Å². The van der Waals surface area contributed by atoms with Gasteiger partial charge in [0, 0.05) is 11.3 Å². The average molecular weight is 165 g/mol. The molecule has 0 unspecified atom stereocenters. The van der Waals surface area contributed by atoms with Crippen LogP contribution in [-0.4, -0.2) is 6.79 Å². The van der Waals surface area contributed by atoms with Crippen LogP contribution in [0.25, 0.3) is 0 Å². The fourth-order valence-corrected chi connectivity index (χ4v) is 1.29. The minimum Gasteiger partial charge on any atom is -0.467 e. The van der Waals surface area contributed by atoms with Crippen LogP contribution in [0.2, 0.25) is 0 Å². The number of rotatable bonds is 0. The van der Waals surface area contributed by atoms with Crippen LogP contribution >= 0.6 is 0 Å². The monoisotopic (exact) mass is 165 g/mol. The second-order valence-corrected chi connectivity index (χ2v) is 2.88. The number of nitrogens with two attached hydrogens (primary N) is 1. The third-order valence-corrected chi connectivity index (χ3v) is 2.08. The molecule has 12 heavy (non-hydrogen) atoms. The van der Waals surface area contributed by atoms with Gasteiger partial charge in [0.2, 0.25) is 0 Å². The first-order valence-electron chi connectivity index (χ1n) is 3.87. The Morgan fingerprint density at radius 1 is 1.42 bits per heavy atom. The van der Waals surface area contributed by atoms with Crippen LogP contribution in [0.1, 0.15) is 11.1 Å². The lowest BCUT2D eigenvalue weighted by Gasteiger charge is -2.19. The molecule has 1 aliphatic rings. The van der Waals surface area contributed by atoms with Crippen molar-refractivity contribution in [3.05, 3.63) is 23.3 Å². The summed E-state index contributed by atoms with van der Waals surface area (Å²) in [4.78, 5) is 0. The molecule has 2 rings (SSSR count). The summed E-state index contributed by atoms with van der Waals surface area (Å²) in [6, 6.07) is 3.89. The molecule has 0 aromatic heterocycles. The molecule has 1 aliphatic heterocycles. The highest BCUT2D eigenvalue weighted by Crippen LogP contribution is 2.30. The van der Waals surface area contributed by atoms with Gasteiger partial charge in [0.15, 0.2) is 6.79 Å². The van der Waals surface area contributed by atoms with Gasteiger partial charge in [-0.2, -0.15) is 0 Å². The van der Waals surface area contributed by atoms with Gasteiger partial charge in [-0.25, -0.2) is 0 Å². The van der Waals surface area contributed by atoms with E-state index in [1.54, 1.807) is 0 Å². The number of hydrogen-bond donors (Lipinski definition) is 1. The van der Waals surface area contributed by atoms with Crippen molar-refractivity contribution in [1.82, 2.24) is 0 Å². The van der Waals surface area contributed by atoms with E-state index in [1.807, 2.05) is 19.1 Å². The molecule has 1 aromatic carbocycles. The molecule has 3 nitrogen and oxygen atoms in total. The van der Waals surface area contributed by atoms with Crippen molar-refractivity contribution in [3.63, 3.8) is 0 Å². The Bertz CT molecular complexity index is 310. The number of benzene rings is 1. The van der Waals surface area contributed by atoms with Crippen LogP contribution in [0.5, 0.6) is 5.75 Å². The van der Waals surface area contributed by atoms with Gasteiger partial charge in [-0.3, -0.25) is 0 Å². The fraction of sp³-hybridized carbons (Fsp3) is 0.333. The van der Waals surface area contributed by atoms with Crippen molar-refractivity contribution in [2.24, 2.45) is 0 Å². The zero-order chi connectivity index (χ0) is 8.55. The maximum absolute atomic E-state index is 5.84. The van der Waals surface area contributed by atoms with Crippen LogP contribution in [0.4, 0.5) is 5.69 Å². The van der Waals surface area contributed by atoms with Gasteiger partial charge in [-0.1, -0.05) is 6.07 Å². The Morgan fingerprint density at radius 2 is 2.25 bits per heavy atom. The van der Waals surface area contributed by atoms with Crippen molar-refractivity contribution in [3.8, 4) is 5.75 Å². The molecule has 0 amide bonds. The van der Waals surface area contributed by atoms with Crippen LogP contribution in [-0.2, 0) is 11.3 Å². The zero-order valence-corrected chi connectivity index (χ0v) is 6.96. The summed E-state index contributed by atoms with van der Waals surface area (Å²) in [6.45, 7) is 2.86. The Balaban J connectivity index is 2.54. The van der Waals surface area contributed by atoms with Crippen LogP contribution in [0.3, 0.4) is 0 Å². The van der Waals surface area contributed by atoms with Crippen molar-refractivity contribution in [2.75, 3.05) is 12.5 Å². The highest BCUT2D eigenvalue weighted by molar-refractivity contribution is 5.59. The predicted molar refractivity (Wildman–Crippen MR) is 45.9 cm³/mol. The van der Waals surface area contributed by atoms with Crippen LogP contribution < -0.4 is 10.5 Å². The lowest BCUT2D eigenvalue weighted by molar-refractivity contribution is -0.0159. The van der Waals surface area contributed by atoms with E-state index in [0.717, 1.165) is 22.6 Å². The highest BCUT2D eigenvalue weighted by Gasteiger charge is 2.13. The van der Waals surface area contributed by atoms with Gasteiger partial charge in [0.25, 0.3) is 0 Å². The van der Waals surface area contributed by atoms with E-state index in [4.69, 9.17) is 15.2 Å². The van der Waals surface area contributed by atoms with Crippen molar-refractivity contribution < 1.29 is 9.47 Å². The molecular formula is C9H11NO2. The molecule has 0 fully saturated rings. The number of ether oxygens (including phenoxy) is 2. The lowest BCUT2D eigenvalue weighted by atomic mass is 10.1. The van der Waals surface area contributed by atoms with Gasteiger partial charge in [-0.05, 0) is 18.6 Å². The van der Waals surface area contributed by atoms with Crippen molar-refractivity contribution in [1.29, 1.82) is 0 Å². The molecule has 0 saturated heterocycles. The van der Waals surface area contributed by atoms with E-state index in [9.17, 15) is 0 Å². The Kier molecular flexibility index (Phi) is 1.66. The summed E-state index contributed by atoms with van der Waals surface area (Å²) in [5.41, 5.74) is 8.67. The molecular weight excluding hydrogens is 154 g/mol. The Morgan fingerprint density at radius 3 is 3.08 bits per heavy atom. The topological polar surface area (TPSA) is 44.5 Å². The molecule has 1 heterocycles. The maximum Gasteiger partial charge on any atom is 0.189 e. The summed E-state index contributed by atoms with van der Waals surface area (Å²) in [5, 5.41) is 0.